The van der Waals surface area contributed by atoms with Gasteiger partial charge in [0, 0.05) is 6.04 Å². The van der Waals surface area contributed by atoms with Crippen molar-refractivity contribution in [3.63, 3.8) is 0 Å². The van der Waals surface area contributed by atoms with Crippen LogP contribution in [0.3, 0.4) is 0 Å². The van der Waals surface area contributed by atoms with E-state index in [9.17, 15) is 5.11 Å². The molecule has 0 fully saturated rings. The Bertz CT molecular complexity index is 125. The number of nitrogens with one attached hydrogen (secondary N) is 1. The molecule has 2 nitrogen and oxygen atoms in total. The highest BCUT2D eigenvalue weighted by Gasteiger charge is 2.09. The van der Waals surface area contributed by atoms with Crippen LogP contribution in [0.15, 0.2) is 0 Å². The van der Waals surface area contributed by atoms with E-state index in [1.54, 1.807) is 0 Å². The third-order valence-corrected chi connectivity index (χ3v) is 2.84. The van der Waals surface area contributed by atoms with E-state index in [1.165, 1.54) is 6.42 Å². The van der Waals surface area contributed by atoms with E-state index in [2.05, 4.69) is 26.1 Å². The highest BCUT2D eigenvalue weighted by molar-refractivity contribution is 4.68. The topological polar surface area (TPSA) is 32.3 Å². The molecule has 14 heavy (non-hydrogen) atoms. The zero-order chi connectivity index (χ0) is 11.0. The molecule has 0 amide bonds. The predicted molar refractivity (Wildman–Crippen MR) is 62.5 cm³/mol. The highest BCUT2D eigenvalue weighted by atomic mass is 16.3. The van der Waals surface area contributed by atoms with Gasteiger partial charge in [0.05, 0.1) is 6.10 Å². The van der Waals surface area contributed by atoms with E-state index in [-0.39, 0.29) is 6.10 Å². The van der Waals surface area contributed by atoms with Gasteiger partial charge in [-0.2, -0.15) is 0 Å². The van der Waals surface area contributed by atoms with E-state index in [1.807, 2.05) is 6.92 Å². The summed E-state index contributed by atoms with van der Waals surface area (Å²) in [4.78, 5) is 0. The van der Waals surface area contributed by atoms with Crippen molar-refractivity contribution in [1.82, 2.24) is 5.32 Å². The number of aliphatic hydroxyl groups is 1. The first kappa shape index (κ1) is 13.9. The summed E-state index contributed by atoms with van der Waals surface area (Å²) >= 11 is 0. The fourth-order valence-corrected chi connectivity index (χ4v) is 1.68. The second kappa shape index (κ2) is 8.25. The molecule has 0 aliphatic heterocycles. The van der Waals surface area contributed by atoms with Crippen LogP contribution >= 0.6 is 0 Å². The number of rotatable bonds is 8. The van der Waals surface area contributed by atoms with Crippen LogP contribution in [0.4, 0.5) is 0 Å². The molecule has 86 valence electrons. The van der Waals surface area contributed by atoms with Crippen molar-refractivity contribution in [1.29, 1.82) is 0 Å². The van der Waals surface area contributed by atoms with Crippen LogP contribution < -0.4 is 5.32 Å². The summed E-state index contributed by atoms with van der Waals surface area (Å²) < 4.78 is 0. The van der Waals surface area contributed by atoms with Crippen LogP contribution in [0.5, 0.6) is 0 Å². The summed E-state index contributed by atoms with van der Waals surface area (Å²) in [6, 6.07) is 0.633. The quantitative estimate of drug-likeness (QED) is 0.592. The molecule has 0 saturated carbocycles. The van der Waals surface area contributed by atoms with E-state index in [0.717, 1.165) is 25.8 Å². The van der Waals surface area contributed by atoms with Crippen LogP contribution in [0.25, 0.3) is 0 Å². The van der Waals surface area contributed by atoms with Crippen molar-refractivity contribution in [3.8, 4) is 0 Å². The fourth-order valence-electron chi connectivity index (χ4n) is 1.68. The Labute approximate surface area is 89.1 Å². The lowest BCUT2D eigenvalue weighted by Crippen LogP contribution is -2.34. The van der Waals surface area contributed by atoms with Crippen molar-refractivity contribution in [3.05, 3.63) is 0 Å². The lowest BCUT2D eigenvalue weighted by Gasteiger charge is -2.20. The molecule has 0 aromatic carbocycles. The van der Waals surface area contributed by atoms with Crippen LogP contribution in [-0.4, -0.2) is 23.8 Å². The number of hydrogen-bond acceptors (Lipinski definition) is 2. The Kier molecular flexibility index (Phi) is 8.20. The SMILES string of the molecule is CCC(O)CCCNC(CC)C(C)C. The molecular weight excluding hydrogens is 174 g/mol. The third-order valence-electron chi connectivity index (χ3n) is 2.84. The standard InChI is InChI=1S/C12H27NO/c1-5-11(14)8-7-9-13-12(6-2)10(3)4/h10-14H,5-9H2,1-4H3. The zero-order valence-corrected chi connectivity index (χ0v) is 10.2. The molecule has 0 aliphatic carbocycles. The largest absolute Gasteiger partial charge is 0.393 e. The molecule has 0 rings (SSSR count). The molecule has 2 atom stereocenters. The van der Waals surface area contributed by atoms with Crippen LogP contribution in [0.1, 0.15) is 53.4 Å². The van der Waals surface area contributed by atoms with Gasteiger partial charge in [0.2, 0.25) is 0 Å². The van der Waals surface area contributed by atoms with Gasteiger partial charge < -0.3 is 10.4 Å². The monoisotopic (exact) mass is 201 g/mol. The van der Waals surface area contributed by atoms with Gasteiger partial charge in [0.25, 0.3) is 0 Å². The summed E-state index contributed by atoms with van der Waals surface area (Å²) in [5, 5.41) is 12.9. The first-order chi connectivity index (χ1) is 6.61. The van der Waals surface area contributed by atoms with Crippen LogP contribution in [0.2, 0.25) is 0 Å². The van der Waals surface area contributed by atoms with E-state index < -0.39 is 0 Å². The predicted octanol–water partition coefficient (Wildman–Crippen LogP) is 2.56. The van der Waals surface area contributed by atoms with Crippen molar-refractivity contribution in [2.24, 2.45) is 5.92 Å². The van der Waals surface area contributed by atoms with Crippen LogP contribution in [-0.2, 0) is 0 Å². The molecule has 0 aromatic rings. The van der Waals surface area contributed by atoms with Gasteiger partial charge in [0.1, 0.15) is 0 Å². The van der Waals surface area contributed by atoms with Gasteiger partial charge in [-0.1, -0.05) is 27.7 Å². The third kappa shape index (κ3) is 6.39. The molecule has 0 heterocycles. The summed E-state index contributed by atoms with van der Waals surface area (Å²) in [6.45, 7) is 9.79. The second-order valence-electron chi connectivity index (χ2n) is 4.42. The second-order valence-corrected chi connectivity index (χ2v) is 4.42. The summed E-state index contributed by atoms with van der Waals surface area (Å²) in [5.74, 6) is 0.705. The van der Waals surface area contributed by atoms with Gasteiger partial charge in [-0.15, -0.1) is 0 Å². The zero-order valence-electron chi connectivity index (χ0n) is 10.2. The Morgan fingerprint density at radius 1 is 1.14 bits per heavy atom. The van der Waals surface area contributed by atoms with Crippen LogP contribution in [0, 0.1) is 5.92 Å². The Balaban J connectivity index is 3.42. The fraction of sp³-hybridized carbons (Fsp3) is 1.00. The lowest BCUT2D eigenvalue weighted by atomic mass is 10.0. The molecule has 0 spiro atoms. The molecular formula is C12H27NO. The maximum absolute atomic E-state index is 9.36. The minimum absolute atomic E-state index is 0.101. The first-order valence-electron chi connectivity index (χ1n) is 6.03. The number of hydrogen-bond donors (Lipinski definition) is 2. The average Bonchev–Trinajstić information content (AvgIpc) is 2.16. The molecule has 2 heteroatoms. The van der Waals surface area contributed by atoms with E-state index in [0.29, 0.717) is 12.0 Å². The van der Waals surface area contributed by atoms with Crippen molar-refractivity contribution in [2.75, 3.05) is 6.54 Å². The minimum atomic E-state index is -0.101. The maximum Gasteiger partial charge on any atom is 0.0538 e. The molecule has 0 bridgehead atoms. The summed E-state index contributed by atoms with van der Waals surface area (Å²) in [7, 11) is 0. The molecule has 0 radical (unpaired) electrons. The van der Waals surface area contributed by atoms with Crippen molar-refractivity contribution >= 4 is 0 Å². The Morgan fingerprint density at radius 3 is 2.21 bits per heavy atom. The number of aliphatic hydroxyl groups excluding tert-OH is 1. The summed E-state index contributed by atoms with van der Waals surface area (Å²) in [6.07, 6.45) is 3.97. The van der Waals surface area contributed by atoms with Gasteiger partial charge in [0.15, 0.2) is 0 Å². The Morgan fingerprint density at radius 2 is 1.79 bits per heavy atom. The van der Waals surface area contributed by atoms with Gasteiger partial charge in [-0.3, -0.25) is 0 Å². The molecule has 0 saturated heterocycles. The summed E-state index contributed by atoms with van der Waals surface area (Å²) in [5.41, 5.74) is 0. The van der Waals surface area contributed by atoms with Gasteiger partial charge >= 0.3 is 0 Å². The van der Waals surface area contributed by atoms with Crippen molar-refractivity contribution < 1.29 is 5.11 Å². The van der Waals surface area contributed by atoms with Gasteiger partial charge in [-0.05, 0) is 38.1 Å². The molecule has 0 aromatic heterocycles. The lowest BCUT2D eigenvalue weighted by molar-refractivity contribution is 0.156. The normalized spacial score (nSPS) is 15.9. The van der Waals surface area contributed by atoms with Gasteiger partial charge in [-0.25, -0.2) is 0 Å². The molecule has 0 aliphatic rings. The average molecular weight is 201 g/mol. The first-order valence-corrected chi connectivity index (χ1v) is 6.03. The highest BCUT2D eigenvalue weighted by Crippen LogP contribution is 2.06. The van der Waals surface area contributed by atoms with E-state index in [4.69, 9.17) is 0 Å². The minimum Gasteiger partial charge on any atom is -0.393 e. The molecule has 2 unspecified atom stereocenters. The van der Waals surface area contributed by atoms with Crippen molar-refractivity contribution in [2.45, 2.75) is 65.5 Å². The Hall–Kier alpha value is -0.0800. The smallest absolute Gasteiger partial charge is 0.0538 e. The van der Waals surface area contributed by atoms with E-state index >= 15 is 0 Å². The maximum atomic E-state index is 9.36. The molecule has 2 N–H and O–H groups in total.